The summed E-state index contributed by atoms with van der Waals surface area (Å²) in [4.78, 5) is 28.2. The zero-order chi connectivity index (χ0) is 19.1. The van der Waals surface area contributed by atoms with Crippen LogP contribution in [0.3, 0.4) is 0 Å². The normalized spacial score (nSPS) is 14.0. The summed E-state index contributed by atoms with van der Waals surface area (Å²) >= 11 is 0. The van der Waals surface area contributed by atoms with Gasteiger partial charge in [-0.05, 0) is 42.8 Å². The van der Waals surface area contributed by atoms with E-state index in [1.807, 2.05) is 37.3 Å². The maximum Gasteiger partial charge on any atom is 0.317 e. The van der Waals surface area contributed by atoms with Gasteiger partial charge in [0.15, 0.2) is 0 Å². The van der Waals surface area contributed by atoms with Crippen molar-refractivity contribution in [2.45, 2.75) is 13.3 Å². The van der Waals surface area contributed by atoms with Crippen molar-refractivity contribution in [2.24, 2.45) is 0 Å². The topological polar surface area (TPSA) is 61.9 Å². The smallest absolute Gasteiger partial charge is 0.317 e. The second-order valence-corrected chi connectivity index (χ2v) is 6.45. The lowest BCUT2D eigenvalue weighted by Gasteiger charge is -2.34. The molecule has 0 saturated carbocycles. The molecule has 0 radical (unpaired) electrons. The summed E-state index contributed by atoms with van der Waals surface area (Å²) < 4.78 is 5.76. The third-order valence-electron chi connectivity index (χ3n) is 4.46. The molecule has 0 bridgehead atoms. The molecule has 0 aromatic heterocycles. The van der Waals surface area contributed by atoms with E-state index in [1.54, 1.807) is 34.1 Å². The van der Waals surface area contributed by atoms with Crippen LogP contribution in [-0.2, 0) is 0 Å². The maximum absolute atomic E-state index is 12.7. The summed E-state index contributed by atoms with van der Waals surface area (Å²) in [6.07, 6.45) is 0.911. The van der Waals surface area contributed by atoms with Crippen LogP contribution in [0.4, 0.5) is 4.79 Å². The minimum atomic E-state index is -0.0497. The minimum absolute atomic E-state index is 0.0186. The first kappa shape index (κ1) is 18.8. The first-order valence-corrected chi connectivity index (χ1v) is 9.32. The molecular formula is C21H25N3O3. The lowest BCUT2D eigenvalue weighted by Crippen LogP contribution is -2.53. The van der Waals surface area contributed by atoms with Gasteiger partial charge in [0.1, 0.15) is 11.5 Å². The quantitative estimate of drug-likeness (QED) is 0.881. The average Bonchev–Trinajstić information content (AvgIpc) is 2.73. The van der Waals surface area contributed by atoms with E-state index >= 15 is 0 Å². The van der Waals surface area contributed by atoms with Gasteiger partial charge in [0.05, 0.1) is 0 Å². The lowest BCUT2D eigenvalue weighted by atomic mass is 10.1. The third kappa shape index (κ3) is 5.00. The second-order valence-electron chi connectivity index (χ2n) is 6.45. The number of nitrogens with one attached hydrogen (secondary N) is 1. The number of carbonyl (C=O) groups is 2. The molecule has 2 aromatic carbocycles. The van der Waals surface area contributed by atoms with E-state index in [1.165, 1.54) is 0 Å². The van der Waals surface area contributed by atoms with Gasteiger partial charge in [0, 0.05) is 38.3 Å². The van der Waals surface area contributed by atoms with Gasteiger partial charge in [0.25, 0.3) is 5.91 Å². The minimum Gasteiger partial charge on any atom is -0.457 e. The van der Waals surface area contributed by atoms with Crippen LogP contribution in [0.1, 0.15) is 23.7 Å². The van der Waals surface area contributed by atoms with Gasteiger partial charge < -0.3 is 19.9 Å². The number of rotatable bonds is 5. The highest BCUT2D eigenvalue weighted by atomic mass is 16.5. The monoisotopic (exact) mass is 367 g/mol. The number of urea groups is 1. The molecule has 3 amide bonds. The van der Waals surface area contributed by atoms with Crippen LogP contribution < -0.4 is 10.1 Å². The van der Waals surface area contributed by atoms with Crippen molar-refractivity contribution in [2.75, 3.05) is 32.7 Å². The van der Waals surface area contributed by atoms with Crippen molar-refractivity contribution >= 4 is 11.9 Å². The van der Waals surface area contributed by atoms with Crippen molar-refractivity contribution in [1.29, 1.82) is 0 Å². The number of hydrogen-bond acceptors (Lipinski definition) is 3. The molecule has 0 spiro atoms. The number of piperazine rings is 1. The molecule has 3 rings (SSSR count). The summed E-state index contributed by atoms with van der Waals surface area (Å²) in [6.45, 7) is 4.89. The molecule has 0 atom stereocenters. The van der Waals surface area contributed by atoms with Gasteiger partial charge in [-0.25, -0.2) is 4.79 Å². The van der Waals surface area contributed by atoms with E-state index < -0.39 is 0 Å². The van der Waals surface area contributed by atoms with Crippen LogP contribution >= 0.6 is 0 Å². The number of nitrogens with zero attached hydrogens (tertiary/aromatic N) is 2. The van der Waals surface area contributed by atoms with E-state index in [4.69, 9.17) is 4.74 Å². The Morgan fingerprint density at radius 3 is 2.11 bits per heavy atom. The van der Waals surface area contributed by atoms with E-state index in [0.29, 0.717) is 44.0 Å². The molecule has 1 aliphatic rings. The standard InChI is InChI=1S/C21H25N3O3/c1-2-12-22-21(26)24-15-13-23(14-16-24)20(25)17-8-10-19(11-9-17)27-18-6-4-3-5-7-18/h3-11H,2,12-16H2,1H3,(H,22,26). The Bertz CT molecular complexity index is 754. The molecule has 142 valence electrons. The van der Waals surface area contributed by atoms with Crippen molar-refractivity contribution in [3.63, 3.8) is 0 Å². The zero-order valence-electron chi connectivity index (χ0n) is 15.6. The largest absolute Gasteiger partial charge is 0.457 e. The Kier molecular flexibility index (Phi) is 6.30. The molecule has 1 heterocycles. The Morgan fingerprint density at radius 2 is 1.48 bits per heavy atom. The Morgan fingerprint density at radius 1 is 0.889 bits per heavy atom. The van der Waals surface area contributed by atoms with Gasteiger partial charge in [-0.15, -0.1) is 0 Å². The molecule has 6 nitrogen and oxygen atoms in total. The number of benzene rings is 2. The molecule has 1 saturated heterocycles. The molecular weight excluding hydrogens is 342 g/mol. The molecule has 1 aliphatic heterocycles. The second kappa shape index (κ2) is 9.07. The number of hydrogen-bond donors (Lipinski definition) is 1. The van der Waals surface area contributed by atoms with E-state index in [2.05, 4.69) is 5.32 Å². The summed E-state index contributed by atoms with van der Waals surface area (Å²) in [5.74, 6) is 1.43. The molecule has 2 aromatic rings. The van der Waals surface area contributed by atoms with Gasteiger partial charge in [0.2, 0.25) is 0 Å². The van der Waals surface area contributed by atoms with Crippen LogP contribution in [0.5, 0.6) is 11.5 Å². The fraction of sp³-hybridized carbons (Fsp3) is 0.333. The molecule has 27 heavy (non-hydrogen) atoms. The highest BCUT2D eigenvalue weighted by molar-refractivity contribution is 5.94. The van der Waals surface area contributed by atoms with E-state index in [-0.39, 0.29) is 11.9 Å². The fourth-order valence-corrected chi connectivity index (χ4v) is 2.93. The number of amides is 3. The maximum atomic E-state index is 12.7. The Labute approximate surface area is 159 Å². The van der Waals surface area contributed by atoms with Crippen LogP contribution in [0, 0.1) is 0 Å². The van der Waals surface area contributed by atoms with Crippen molar-refractivity contribution < 1.29 is 14.3 Å². The van der Waals surface area contributed by atoms with Gasteiger partial charge in [-0.3, -0.25) is 4.79 Å². The molecule has 6 heteroatoms. The van der Waals surface area contributed by atoms with Gasteiger partial charge in [-0.2, -0.15) is 0 Å². The van der Waals surface area contributed by atoms with Crippen LogP contribution in [0.15, 0.2) is 54.6 Å². The fourth-order valence-electron chi connectivity index (χ4n) is 2.93. The third-order valence-corrected chi connectivity index (χ3v) is 4.46. The van der Waals surface area contributed by atoms with Crippen molar-refractivity contribution in [3.05, 3.63) is 60.2 Å². The predicted molar refractivity (Wildman–Crippen MR) is 104 cm³/mol. The van der Waals surface area contributed by atoms with Gasteiger partial charge in [-0.1, -0.05) is 25.1 Å². The molecule has 0 aliphatic carbocycles. The SMILES string of the molecule is CCCNC(=O)N1CCN(C(=O)c2ccc(Oc3ccccc3)cc2)CC1. The van der Waals surface area contributed by atoms with Crippen molar-refractivity contribution in [3.8, 4) is 11.5 Å². The average molecular weight is 367 g/mol. The summed E-state index contributed by atoms with van der Waals surface area (Å²) in [7, 11) is 0. The van der Waals surface area contributed by atoms with Crippen LogP contribution in [-0.4, -0.2) is 54.5 Å². The lowest BCUT2D eigenvalue weighted by molar-refractivity contribution is 0.0665. The molecule has 1 N–H and O–H groups in total. The highest BCUT2D eigenvalue weighted by Gasteiger charge is 2.24. The predicted octanol–water partition coefficient (Wildman–Crippen LogP) is 3.36. The summed E-state index contributed by atoms with van der Waals surface area (Å²) in [6, 6.07) is 16.6. The van der Waals surface area contributed by atoms with Crippen molar-refractivity contribution in [1.82, 2.24) is 15.1 Å². The highest BCUT2D eigenvalue weighted by Crippen LogP contribution is 2.21. The van der Waals surface area contributed by atoms with E-state index in [9.17, 15) is 9.59 Å². The summed E-state index contributed by atoms with van der Waals surface area (Å²) in [5.41, 5.74) is 0.624. The Hall–Kier alpha value is -3.02. The van der Waals surface area contributed by atoms with E-state index in [0.717, 1.165) is 12.2 Å². The number of para-hydroxylation sites is 1. The van der Waals surface area contributed by atoms with Gasteiger partial charge >= 0.3 is 6.03 Å². The molecule has 1 fully saturated rings. The zero-order valence-corrected chi connectivity index (χ0v) is 15.6. The number of ether oxygens (including phenoxy) is 1. The summed E-state index contributed by atoms with van der Waals surface area (Å²) in [5, 5.41) is 2.87. The molecule has 0 unspecified atom stereocenters. The first-order valence-electron chi connectivity index (χ1n) is 9.32. The Balaban J connectivity index is 1.53. The van der Waals surface area contributed by atoms with Crippen LogP contribution in [0.25, 0.3) is 0 Å². The van der Waals surface area contributed by atoms with Crippen LogP contribution in [0.2, 0.25) is 0 Å². The number of carbonyl (C=O) groups excluding carboxylic acids is 2. The first-order chi connectivity index (χ1) is 13.2.